The Balaban J connectivity index is 1.97. The third kappa shape index (κ3) is 4.04. The molecule has 5 heteroatoms. The highest BCUT2D eigenvalue weighted by Crippen LogP contribution is 2.31. The number of thiazole rings is 1. The van der Waals surface area contributed by atoms with Gasteiger partial charge in [-0.1, -0.05) is 24.3 Å². The van der Waals surface area contributed by atoms with Gasteiger partial charge in [0.15, 0.2) is 0 Å². The fourth-order valence-electron chi connectivity index (χ4n) is 2.39. The van der Waals surface area contributed by atoms with E-state index in [0.29, 0.717) is 6.42 Å². The van der Waals surface area contributed by atoms with Crippen LogP contribution in [0.25, 0.3) is 21.9 Å². The summed E-state index contributed by atoms with van der Waals surface area (Å²) >= 11 is 3.31. The molecule has 1 heterocycles. The molecular formula is C19H17NO2S2. The summed E-state index contributed by atoms with van der Waals surface area (Å²) in [5, 5.41) is 9.93. The monoisotopic (exact) mass is 355 g/mol. The highest BCUT2D eigenvalue weighted by Gasteiger charge is 2.11. The Morgan fingerprint density at radius 1 is 1.17 bits per heavy atom. The second-order valence-corrected chi connectivity index (χ2v) is 7.23. The third-order valence-corrected chi connectivity index (χ3v) is 5.49. The molecule has 0 saturated carbocycles. The molecule has 0 spiro atoms. The molecule has 3 nitrogen and oxygen atoms in total. The molecular weight excluding hydrogens is 338 g/mol. The fourth-order valence-corrected chi connectivity index (χ4v) is 3.81. The highest BCUT2D eigenvalue weighted by atomic mass is 32.2. The first-order chi connectivity index (χ1) is 11.7. The number of allylic oxidation sites excluding steroid dienone is 1. The van der Waals surface area contributed by atoms with Gasteiger partial charge in [-0.25, -0.2) is 4.98 Å². The average Bonchev–Trinajstić information content (AvgIpc) is 3.03. The molecule has 0 amide bonds. The van der Waals surface area contributed by atoms with Gasteiger partial charge in [-0.05, 0) is 54.2 Å². The molecule has 3 aromatic rings. The molecule has 2 aromatic carbocycles. The number of fused-ring (bicyclic) bond motifs is 1. The highest BCUT2D eigenvalue weighted by molar-refractivity contribution is 7.98. The van der Waals surface area contributed by atoms with E-state index in [-0.39, 0.29) is 6.42 Å². The van der Waals surface area contributed by atoms with Crippen LogP contribution in [0.15, 0.2) is 53.4 Å². The van der Waals surface area contributed by atoms with Crippen molar-refractivity contribution >= 4 is 50.9 Å². The van der Waals surface area contributed by atoms with Gasteiger partial charge in [0.25, 0.3) is 0 Å². The normalized spacial score (nSPS) is 11.8. The van der Waals surface area contributed by atoms with E-state index in [0.717, 1.165) is 26.4 Å². The van der Waals surface area contributed by atoms with Crippen molar-refractivity contribution in [1.82, 2.24) is 4.98 Å². The molecule has 0 aliphatic heterocycles. The van der Waals surface area contributed by atoms with Gasteiger partial charge in [0.1, 0.15) is 5.01 Å². The zero-order valence-corrected chi connectivity index (χ0v) is 14.9. The Bertz CT molecular complexity index is 849. The first-order valence-corrected chi connectivity index (χ1v) is 9.62. The molecule has 0 radical (unpaired) electrons. The lowest BCUT2D eigenvalue weighted by Crippen LogP contribution is -1.95. The number of para-hydroxylation sites is 1. The van der Waals surface area contributed by atoms with Crippen LogP contribution < -0.4 is 0 Å². The van der Waals surface area contributed by atoms with E-state index in [1.54, 1.807) is 23.1 Å². The molecule has 0 unspecified atom stereocenters. The summed E-state index contributed by atoms with van der Waals surface area (Å²) in [6.07, 6.45) is 4.67. The van der Waals surface area contributed by atoms with E-state index in [9.17, 15) is 4.79 Å². The molecule has 1 aromatic heterocycles. The van der Waals surface area contributed by atoms with Crippen LogP contribution >= 0.6 is 23.1 Å². The number of carbonyl (C=O) groups is 1. The van der Waals surface area contributed by atoms with Gasteiger partial charge >= 0.3 is 5.97 Å². The van der Waals surface area contributed by atoms with Gasteiger partial charge in [0, 0.05) is 11.3 Å². The van der Waals surface area contributed by atoms with Crippen molar-refractivity contribution in [3.05, 3.63) is 59.1 Å². The molecule has 0 aliphatic rings. The molecule has 0 saturated heterocycles. The number of carboxylic acid groups (broad SMARTS) is 1. The van der Waals surface area contributed by atoms with Crippen molar-refractivity contribution in [2.24, 2.45) is 0 Å². The SMILES string of the molecule is CSc1ccc(/C=C(\CCC(=O)O)c2nc3ccccc3s2)cc1. The van der Waals surface area contributed by atoms with Gasteiger partial charge in [-0.2, -0.15) is 0 Å². The number of rotatable bonds is 6. The maximum atomic E-state index is 11.0. The molecule has 1 N–H and O–H groups in total. The lowest BCUT2D eigenvalue weighted by atomic mass is 10.1. The number of aromatic nitrogens is 1. The van der Waals surface area contributed by atoms with E-state index in [2.05, 4.69) is 29.2 Å². The van der Waals surface area contributed by atoms with Gasteiger partial charge in [0.2, 0.25) is 0 Å². The van der Waals surface area contributed by atoms with Gasteiger partial charge in [-0.15, -0.1) is 23.1 Å². The van der Waals surface area contributed by atoms with Crippen molar-refractivity contribution in [2.45, 2.75) is 17.7 Å². The van der Waals surface area contributed by atoms with Gasteiger partial charge in [-0.3, -0.25) is 4.79 Å². The molecule has 3 rings (SSSR count). The molecule has 0 atom stereocenters. The molecule has 24 heavy (non-hydrogen) atoms. The number of nitrogens with zero attached hydrogens (tertiary/aromatic N) is 1. The number of hydrogen-bond donors (Lipinski definition) is 1. The van der Waals surface area contributed by atoms with E-state index in [1.807, 2.05) is 36.6 Å². The zero-order chi connectivity index (χ0) is 16.9. The molecule has 122 valence electrons. The smallest absolute Gasteiger partial charge is 0.303 e. The maximum absolute atomic E-state index is 11.0. The predicted molar refractivity (Wildman–Crippen MR) is 103 cm³/mol. The Labute approximate surface area is 149 Å². The summed E-state index contributed by atoms with van der Waals surface area (Å²) in [6.45, 7) is 0. The topological polar surface area (TPSA) is 50.2 Å². The van der Waals surface area contributed by atoms with Crippen LogP contribution in [0.5, 0.6) is 0 Å². The second-order valence-electron chi connectivity index (χ2n) is 5.32. The third-order valence-electron chi connectivity index (χ3n) is 3.63. The van der Waals surface area contributed by atoms with E-state index in [1.165, 1.54) is 4.90 Å². The lowest BCUT2D eigenvalue weighted by molar-refractivity contribution is -0.136. The minimum Gasteiger partial charge on any atom is -0.481 e. The minimum absolute atomic E-state index is 0.102. The summed E-state index contributed by atoms with van der Waals surface area (Å²) in [7, 11) is 0. The van der Waals surface area contributed by atoms with E-state index < -0.39 is 5.97 Å². The standard InChI is InChI=1S/C19H17NO2S2/c1-23-15-9-6-13(7-10-15)12-14(8-11-18(21)22)19-20-16-4-2-3-5-17(16)24-19/h2-7,9-10,12H,8,11H2,1H3,(H,21,22)/b14-12+. The van der Waals surface area contributed by atoms with Gasteiger partial charge < -0.3 is 5.11 Å². The van der Waals surface area contributed by atoms with Crippen molar-refractivity contribution < 1.29 is 9.90 Å². The van der Waals surface area contributed by atoms with Crippen LogP contribution in [0.3, 0.4) is 0 Å². The first kappa shape index (κ1) is 16.7. The number of aliphatic carboxylic acids is 1. The molecule has 0 aliphatic carbocycles. The quantitative estimate of drug-likeness (QED) is 0.600. The number of carboxylic acids is 1. The van der Waals surface area contributed by atoms with Crippen molar-refractivity contribution in [3.63, 3.8) is 0 Å². The number of thioether (sulfide) groups is 1. The van der Waals surface area contributed by atoms with Crippen LogP contribution in [0.1, 0.15) is 23.4 Å². The maximum Gasteiger partial charge on any atom is 0.303 e. The summed E-state index contributed by atoms with van der Waals surface area (Å²) in [4.78, 5) is 16.9. The van der Waals surface area contributed by atoms with Gasteiger partial charge in [0.05, 0.1) is 10.2 Å². The van der Waals surface area contributed by atoms with Crippen molar-refractivity contribution in [1.29, 1.82) is 0 Å². The van der Waals surface area contributed by atoms with Crippen LogP contribution in [0.2, 0.25) is 0 Å². The van der Waals surface area contributed by atoms with E-state index >= 15 is 0 Å². The Morgan fingerprint density at radius 2 is 1.92 bits per heavy atom. The summed E-state index contributed by atoms with van der Waals surface area (Å²) in [6, 6.07) is 16.2. The minimum atomic E-state index is -0.792. The van der Waals surface area contributed by atoms with E-state index in [4.69, 9.17) is 5.11 Å². The summed E-state index contributed by atoms with van der Waals surface area (Å²) < 4.78 is 1.12. The largest absolute Gasteiger partial charge is 0.481 e. The zero-order valence-electron chi connectivity index (χ0n) is 13.2. The lowest BCUT2D eigenvalue weighted by Gasteiger charge is -2.04. The van der Waals surface area contributed by atoms with Crippen molar-refractivity contribution in [2.75, 3.05) is 6.26 Å². The average molecular weight is 355 g/mol. The number of benzene rings is 2. The van der Waals surface area contributed by atoms with Crippen LogP contribution in [-0.2, 0) is 4.79 Å². The molecule has 0 bridgehead atoms. The Kier molecular flexibility index (Phi) is 5.33. The predicted octanol–water partition coefficient (Wildman–Crippen LogP) is 5.42. The Morgan fingerprint density at radius 3 is 2.58 bits per heavy atom. The van der Waals surface area contributed by atoms with Crippen LogP contribution in [0, 0.1) is 0 Å². The number of hydrogen-bond acceptors (Lipinski definition) is 4. The summed E-state index contributed by atoms with van der Waals surface area (Å²) in [5.41, 5.74) is 2.99. The van der Waals surface area contributed by atoms with Crippen LogP contribution in [0.4, 0.5) is 0 Å². The first-order valence-electron chi connectivity index (χ1n) is 7.58. The Hall–Kier alpha value is -2.11. The second kappa shape index (κ2) is 7.64. The van der Waals surface area contributed by atoms with Crippen LogP contribution in [-0.4, -0.2) is 22.3 Å². The fraction of sp³-hybridized carbons (Fsp3) is 0.158. The summed E-state index contributed by atoms with van der Waals surface area (Å²) in [5.74, 6) is -0.792. The molecule has 0 fully saturated rings. The van der Waals surface area contributed by atoms with Crippen molar-refractivity contribution in [3.8, 4) is 0 Å².